The summed E-state index contributed by atoms with van der Waals surface area (Å²) in [7, 11) is 1.37. The number of esters is 1. The summed E-state index contributed by atoms with van der Waals surface area (Å²) in [5, 5.41) is 0. The van der Waals surface area contributed by atoms with E-state index >= 15 is 0 Å². The van der Waals surface area contributed by atoms with Gasteiger partial charge in [-0.15, -0.1) is 0 Å². The van der Waals surface area contributed by atoms with Crippen LogP contribution in [-0.2, 0) is 4.74 Å². The quantitative estimate of drug-likeness (QED) is 0.842. The lowest BCUT2D eigenvalue weighted by molar-refractivity contribution is 0.0601. The maximum absolute atomic E-state index is 11.9. The van der Waals surface area contributed by atoms with E-state index in [1.54, 1.807) is 12.3 Å². The lowest BCUT2D eigenvalue weighted by Gasteiger charge is -2.36. The van der Waals surface area contributed by atoms with Gasteiger partial charge in [-0.2, -0.15) is 0 Å². The molecule has 0 atom stereocenters. The van der Waals surface area contributed by atoms with Crippen molar-refractivity contribution in [1.82, 2.24) is 9.88 Å². The van der Waals surface area contributed by atoms with Crippen molar-refractivity contribution in [2.24, 2.45) is 5.92 Å². The molecule has 1 aliphatic rings. The van der Waals surface area contributed by atoms with Crippen molar-refractivity contribution in [1.29, 1.82) is 0 Å². The molecule has 2 N–H and O–H groups in total. The summed E-state index contributed by atoms with van der Waals surface area (Å²) in [6.07, 6.45) is 1.59. The molecule has 116 valence electrons. The van der Waals surface area contributed by atoms with Crippen LogP contribution in [0.25, 0.3) is 0 Å². The van der Waals surface area contributed by atoms with E-state index in [0.29, 0.717) is 23.0 Å². The third-order valence-corrected chi connectivity index (χ3v) is 3.59. The van der Waals surface area contributed by atoms with Gasteiger partial charge in [0.05, 0.1) is 19.0 Å². The van der Waals surface area contributed by atoms with Crippen molar-refractivity contribution in [3.63, 3.8) is 0 Å². The van der Waals surface area contributed by atoms with Crippen molar-refractivity contribution < 1.29 is 9.53 Å². The molecule has 6 heteroatoms. The predicted molar refractivity (Wildman–Crippen MR) is 83.5 cm³/mol. The van der Waals surface area contributed by atoms with Crippen LogP contribution in [0.2, 0.25) is 0 Å². The average molecular weight is 292 g/mol. The normalized spacial score (nSPS) is 16.3. The number of hydrogen-bond acceptors (Lipinski definition) is 6. The first-order valence-corrected chi connectivity index (χ1v) is 7.32. The van der Waals surface area contributed by atoms with E-state index in [0.717, 1.165) is 32.7 Å². The number of methoxy groups -OCH3 is 1. The van der Waals surface area contributed by atoms with Gasteiger partial charge < -0.3 is 15.4 Å². The van der Waals surface area contributed by atoms with Crippen molar-refractivity contribution in [2.75, 3.05) is 50.5 Å². The van der Waals surface area contributed by atoms with Crippen LogP contribution in [-0.4, -0.2) is 55.7 Å². The molecule has 1 saturated heterocycles. The Hall–Kier alpha value is -1.82. The highest BCUT2D eigenvalue weighted by Crippen LogP contribution is 2.22. The number of nitrogens with two attached hydrogens (primary N) is 1. The Bertz CT molecular complexity index is 496. The Kier molecular flexibility index (Phi) is 5.01. The molecule has 0 spiro atoms. The predicted octanol–water partition coefficient (Wildman–Crippen LogP) is 1.23. The number of nitrogens with zero attached hydrogens (tertiary/aromatic N) is 3. The second-order valence-electron chi connectivity index (χ2n) is 5.81. The van der Waals surface area contributed by atoms with Crippen LogP contribution in [0.4, 0.5) is 11.5 Å². The molecule has 0 amide bonds. The molecule has 0 aromatic carbocycles. The molecular weight excluding hydrogens is 268 g/mol. The maximum Gasteiger partial charge on any atom is 0.341 e. The first-order chi connectivity index (χ1) is 10.0. The van der Waals surface area contributed by atoms with Gasteiger partial charge in [-0.05, 0) is 12.0 Å². The number of nitrogen functional groups attached to an aromatic ring is 1. The topological polar surface area (TPSA) is 71.7 Å². The van der Waals surface area contributed by atoms with E-state index in [9.17, 15) is 4.79 Å². The van der Waals surface area contributed by atoms with Crippen LogP contribution in [0, 0.1) is 5.92 Å². The van der Waals surface area contributed by atoms with Gasteiger partial charge in [-0.25, -0.2) is 9.78 Å². The van der Waals surface area contributed by atoms with Crippen LogP contribution < -0.4 is 10.6 Å². The van der Waals surface area contributed by atoms with E-state index in [1.165, 1.54) is 7.11 Å². The molecule has 1 aromatic heterocycles. The number of aromatic nitrogens is 1. The monoisotopic (exact) mass is 292 g/mol. The third-order valence-electron chi connectivity index (χ3n) is 3.59. The number of carbonyl (C=O) groups excluding carboxylic acids is 1. The summed E-state index contributed by atoms with van der Waals surface area (Å²) < 4.78 is 4.82. The molecule has 0 unspecified atom stereocenters. The summed E-state index contributed by atoms with van der Waals surface area (Å²) in [6, 6.07) is 1.63. The fraction of sp³-hybridized carbons (Fsp3) is 0.600. The molecule has 0 bridgehead atoms. The highest BCUT2D eigenvalue weighted by molar-refractivity contribution is 5.95. The van der Waals surface area contributed by atoms with E-state index in [-0.39, 0.29) is 0 Å². The van der Waals surface area contributed by atoms with Gasteiger partial charge in [-0.1, -0.05) is 13.8 Å². The van der Waals surface area contributed by atoms with Gasteiger partial charge in [0.15, 0.2) is 0 Å². The standard InChI is InChI=1S/C15H24N4O2/c1-11(2)10-18-4-6-19(7-5-18)14-13(15(20)21-3)8-12(16)9-17-14/h8-9,11H,4-7,10,16H2,1-3H3. The van der Waals surface area contributed by atoms with Crippen molar-refractivity contribution >= 4 is 17.5 Å². The minimum absolute atomic E-state index is 0.394. The average Bonchev–Trinajstić information content (AvgIpc) is 2.47. The number of rotatable bonds is 4. The van der Waals surface area contributed by atoms with Crippen LogP contribution in [0.1, 0.15) is 24.2 Å². The molecule has 21 heavy (non-hydrogen) atoms. The van der Waals surface area contributed by atoms with Crippen molar-refractivity contribution in [3.05, 3.63) is 17.8 Å². The second-order valence-corrected chi connectivity index (χ2v) is 5.81. The van der Waals surface area contributed by atoms with Gasteiger partial charge in [-0.3, -0.25) is 4.90 Å². The van der Waals surface area contributed by atoms with Gasteiger partial charge in [0.1, 0.15) is 11.4 Å². The molecule has 1 fully saturated rings. The first-order valence-electron chi connectivity index (χ1n) is 7.32. The lowest BCUT2D eigenvalue weighted by Crippen LogP contribution is -2.48. The van der Waals surface area contributed by atoms with E-state index in [2.05, 4.69) is 28.6 Å². The summed E-state index contributed by atoms with van der Waals surface area (Å²) in [6.45, 7) is 9.22. The number of carbonyl (C=O) groups is 1. The minimum atomic E-state index is -0.394. The maximum atomic E-state index is 11.9. The van der Waals surface area contributed by atoms with Crippen LogP contribution in [0.5, 0.6) is 0 Å². The highest BCUT2D eigenvalue weighted by atomic mass is 16.5. The van der Waals surface area contributed by atoms with Crippen molar-refractivity contribution in [2.45, 2.75) is 13.8 Å². The van der Waals surface area contributed by atoms with E-state index in [4.69, 9.17) is 10.5 Å². The fourth-order valence-corrected chi connectivity index (χ4v) is 2.64. The van der Waals surface area contributed by atoms with Gasteiger partial charge >= 0.3 is 5.97 Å². The number of hydrogen-bond donors (Lipinski definition) is 1. The SMILES string of the molecule is COC(=O)c1cc(N)cnc1N1CCN(CC(C)C)CC1. The summed E-state index contributed by atoms with van der Waals surface area (Å²) in [4.78, 5) is 20.8. The Morgan fingerprint density at radius 2 is 2.05 bits per heavy atom. The zero-order valence-corrected chi connectivity index (χ0v) is 13.0. The molecule has 0 radical (unpaired) electrons. The molecule has 1 aliphatic heterocycles. The Morgan fingerprint density at radius 3 is 2.62 bits per heavy atom. The Morgan fingerprint density at radius 1 is 1.38 bits per heavy atom. The highest BCUT2D eigenvalue weighted by Gasteiger charge is 2.23. The summed E-state index contributed by atoms with van der Waals surface area (Å²) in [5.41, 5.74) is 6.64. The molecule has 0 aliphatic carbocycles. The zero-order chi connectivity index (χ0) is 15.4. The molecule has 1 aromatic rings. The first kappa shape index (κ1) is 15.6. The number of anilines is 2. The lowest BCUT2D eigenvalue weighted by atomic mass is 10.1. The Labute approximate surface area is 125 Å². The smallest absolute Gasteiger partial charge is 0.341 e. The van der Waals surface area contributed by atoms with Gasteiger partial charge in [0.2, 0.25) is 0 Å². The van der Waals surface area contributed by atoms with Gasteiger partial charge in [0.25, 0.3) is 0 Å². The van der Waals surface area contributed by atoms with E-state index in [1.807, 2.05) is 0 Å². The third kappa shape index (κ3) is 3.85. The largest absolute Gasteiger partial charge is 0.465 e. The van der Waals surface area contributed by atoms with Crippen LogP contribution >= 0.6 is 0 Å². The second kappa shape index (κ2) is 6.76. The molecule has 2 rings (SSSR count). The molecule has 0 saturated carbocycles. The van der Waals surface area contributed by atoms with Crippen molar-refractivity contribution in [3.8, 4) is 0 Å². The zero-order valence-electron chi connectivity index (χ0n) is 13.0. The molecule has 6 nitrogen and oxygen atoms in total. The summed E-state index contributed by atoms with van der Waals surface area (Å²) in [5.74, 6) is 0.937. The number of pyridine rings is 1. The molecular formula is C15H24N4O2. The Balaban J connectivity index is 2.11. The number of ether oxygens (including phenoxy) is 1. The van der Waals surface area contributed by atoms with Crippen LogP contribution in [0.3, 0.4) is 0 Å². The summed E-state index contributed by atoms with van der Waals surface area (Å²) >= 11 is 0. The minimum Gasteiger partial charge on any atom is -0.465 e. The fourth-order valence-electron chi connectivity index (χ4n) is 2.64. The van der Waals surface area contributed by atoms with E-state index < -0.39 is 5.97 Å². The van der Waals surface area contributed by atoms with Crippen LogP contribution in [0.15, 0.2) is 12.3 Å². The molecule has 2 heterocycles. The van der Waals surface area contributed by atoms with Gasteiger partial charge in [0, 0.05) is 32.7 Å². The number of piperazine rings is 1.